The molecule has 1 saturated heterocycles. The van der Waals surface area contributed by atoms with E-state index >= 15 is 0 Å². The number of nitrogens with zero attached hydrogens (tertiary/aromatic N) is 1. The molecule has 1 rings (SSSR count). The quantitative estimate of drug-likeness (QED) is 0.191. The number of rotatable bonds is 15. The maximum absolute atomic E-state index is 11.9. The predicted octanol–water partition coefficient (Wildman–Crippen LogP) is 6.29. The van der Waals surface area contributed by atoms with Crippen molar-refractivity contribution < 1.29 is 9.53 Å². The minimum absolute atomic E-state index is 0.00664. The molecule has 0 radical (unpaired) electrons. The Hall–Kier alpha value is -1.09. The third kappa shape index (κ3) is 12.8. The zero-order valence-corrected chi connectivity index (χ0v) is 18.1. The van der Waals surface area contributed by atoms with Crippen molar-refractivity contribution in [3.8, 4) is 0 Å². The van der Waals surface area contributed by atoms with Crippen molar-refractivity contribution in [2.75, 3.05) is 20.1 Å². The molecule has 0 saturated carbocycles. The van der Waals surface area contributed by atoms with E-state index in [4.69, 9.17) is 4.74 Å². The molecule has 0 aliphatic carbocycles. The van der Waals surface area contributed by atoms with Crippen molar-refractivity contribution in [1.82, 2.24) is 4.90 Å². The molecule has 27 heavy (non-hydrogen) atoms. The number of carbonyl (C=O) groups is 1. The van der Waals surface area contributed by atoms with Crippen molar-refractivity contribution in [2.24, 2.45) is 5.92 Å². The van der Waals surface area contributed by atoms with E-state index in [1.54, 1.807) is 0 Å². The molecule has 2 atom stereocenters. The van der Waals surface area contributed by atoms with Gasteiger partial charge in [0.05, 0.1) is 0 Å². The molecule has 1 aliphatic rings. The van der Waals surface area contributed by atoms with Crippen LogP contribution in [-0.4, -0.2) is 37.1 Å². The molecule has 0 N–H and O–H groups in total. The number of hydrogen-bond acceptors (Lipinski definition) is 3. The van der Waals surface area contributed by atoms with Gasteiger partial charge in [-0.05, 0) is 45.6 Å². The minimum Gasteiger partial charge on any atom is -0.461 e. The third-order valence-corrected chi connectivity index (χ3v) is 5.34. The maximum atomic E-state index is 11.9. The van der Waals surface area contributed by atoms with Gasteiger partial charge < -0.3 is 9.64 Å². The third-order valence-electron chi connectivity index (χ3n) is 5.34. The summed E-state index contributed by atoms with van der Waals surface area (Å²) in [6.45, 7) is 6.33. The van der Waals surface area contributed by atoms with Gasteiger partial charge in [0, 0.05) is 25.4 Å². The largest absolute Gasteiger partial charge is 0.461 e. The fourth-order valence-corrected chi connectivity index (χ4v) is 3.63. The zero-order valence-electron chi connectivity index (χ0n) is 18.1. The standard InChI is InChI=1S/C24H43NO2/c1-4-5-6-7-8-9-10-11-12-13-14-15-16-17-18-19-24(26)27-23-21-25(3)20-22(23)2/h8-9,11-12,22-23H,4-7,10,13-21H2,1-3H3/b9-8-,12-11-/t22?,23-/m1/s1. The summed E-state index contributed by atoms with van der Waals surface area (Å²) in [6.07, 6.45) is 23.2. The first-order valence-corrected chi connectivity index (χ1v) is 11.3. The minimum atomic E-state index is -0.00664. The number of allylic oxidation sites excluding steroid dienone is 4. The SMILES string of the molecule is CCCCC/C=C\C/C=C\CCCCCCCC(=O)O[C@@H]1CN(C)CC1C. The number of unbranched alkanes of at least 4 members (excludes halogenated alkanes) is 8. The predicted molar refractivity (Wildman–Crippen MR) is 116 cm³/mol. The van der Waals surface area contributed by atoms with Gasteiger partial charge in [-0.3, -0.25) is 4.79 Å². The van der Waals surface area contributed by atoms with E-state index in [1.165, 1.54) is 51.4 Å². The van der Waals surface area contributed by atoms with Crippen LogP contribution >= 0.6 is 0 Å². The van der Waals surface area contributed by atoms with E-state index < -0.39 is 0 Å². The highest BCUT2D eigenvalue weighted by Crippen LogP contribution is 2.19. The molecule has 0 aromatic rings. The molecule has 0 amide bonds. The van der Waals surface area contributed by atoms with Crippen LogP contribution in [0.15, 0.2) is 24.3 Å². The summed E-state index contributed by atoms with van der Waals surface area (Å²) in [7, 11) is 2.09. The van der Waals surface area contributed by atoms with Gasteiger partial charge in [-0.1, -0.05) is 70.3 Å². The Morgan fingerprint density at radius 1 is 0.926 bits per heavy atom. The molecular formula is C24H43NO2. The first-order chi connectivity index (χ1) is 13.1. The van der Waals surface area contributed by atoms with E-state index in [1.807, 2.05) is 0 Å². The molecule has 156 valence electrons. The van der Waals surface area contributed by atoms with E-state index in [2.05, 4.69) is 50.1 Å². The fraction of sp³-hybridized carbons (Fsp3) is 0.792. The lowest BCUT2D eigenvalue weighted by atomic mass is 10.1. The Balaban J connectivity index is 1.87. The van der Waals surface area contributed by atoms with E-state index in [0.29, 0.717) is 12.3 Å². The number of esters is 1. The highest BCUT2D eigenvalue weighted by Gasteiger charge is 2.30. The van der Waals surface area contributed by atoms with E-state index in [-0.39, 0.29) is 12.1 Å². The Morgan fingerprint density at radius 2 is 1.56 bits per heavy atom. The van der Waals surface area contributed by atoms with Crippen molar-refractivity contribution in [1.29, 1.82) is 0 Å². The van der Waals surface area contributed by atoms with Gasteiger partial charge in [0.1, 0.15) is 6.10 Å². The molecule has 1 aliphatic heterocycles. The van der Waals surface area contributed by atoms with E-state index in [0.717, 1.165) is 32.4 Å². The second-order valence-electron chi connectivity index (χ2n) is 8.21. The molecule has 0 bridgehead atoms. The van der Waals surface area contributed by atoms with Crippen LogP contribution in [0.3, 0.4) is 0 Å². The maximum Gasteiger partial charge on any atom is 0.306 e. The van der Waals surface area contributed by atoms with Crippen LogP contribution in [-0.2, 0) is 9.53 Å². The second-order valence-corrected chi connectivity index (χ2v) is 8.21. The molecule has 1 unspecified atom stereocenters. The van der Waals surface area contributed by atoms with Gasteiger partial charge in [-0.15, -0.1) is 0 Å². The lowest BCUT2D eigenvalue weighted by Gasteiger charge is -2.15. The molecule has 1 fully saturated rings. The van der Waals surface area contributed by atoms with Crippen LogP contribution in [0, 0.1) is 5.92 Å². The molecule has 0 aromatic heterocycles. The topological polar surface area (TPSA) is 29.5 Å². The Kier molecular flexibility index (Phi) is 14.1. The monoisotopic (exact) mass is 377 g/mol. The van der Waals surface area contributed by atoms with Crippen LogP contribution in [0.2, 0.25) is 0 Å². The summed E-state index contributed by atoms with van der Waals surface area (Å²) < 4.78 is 5.62. The summed E-state index contributed by atoms with van der Waals surface area (Å²) in [5, 5.41) is 0. The number of ether oxygens (including phenoxy) is 1. The number of carbonyl (C=O) groups excluding carboxylic acids is 1. The van der Waals surface area contributed by atoms with Crippen LogP contribution < -0.4 is 0 Å². The summed E-state index contributed by atoms with van der Waals surface area (Å²) in [6, 6.07) is 0. The van der Waals surface area contributed by atoms with Crippen molar-refractivity contribution in [3.63, 3.8) is 0 Å². The van der Waals surface area contributed by atoms with Gasteiger partial charge in [-0.25, -0.2) is 0 Å². The first-order valence-electron chi connectivity index (χ1n) is 11.3. The molecule has 3 heteroatoms. The number of likely N-dealkylation sites (tertiary alicyclic amines) is 1. The van der Waals surface area contributed by atoms with Crippen LogP contribution in [0.1, 0.15) is 90.9 Å². The van der Waals surface area contributed by atoms with Gasteiger partial charge in [0.25, 0.3) is 0 Å². The Labute approximate surface area is 168 Å². The number of likely N-dealkylation sites (N-methyl/N-ethyl adjacent to an activating group) is 1. The molecular weight excluding hydrogens is 334 g/mol. The second kappa shape index (κ2) is 15.9. The summed E-state index contributed by atoms with van der Waals surface area (Å²) in [4.78, 5) is 14.2. The first kappa shape index (κ1) is 23.9. The van der Waals surface area contributed by atoms with Crippen molar-refractivity contribution in [2.45, 2.75) is 97.0 Å². The van der Waals surface area contributed by atoms with Crippen LogP contribution in [0.25, 0.3) is 0 Å². The summed E-state index contributed by atoms with van der Waals surface area (Å²) in [5.41, 5.74) is 0. The molecule has 3 nitrogen and oxygen atoms in total. The van der Waals surface area contributed by atoms with Gasteiger partial charge in [-0.2, -0.15) is 0 Å². The van der Waals surface area contributed by atoms with Crippen molar-refractivity contribution >= 4 is 5.97 Å². The Bertz CT molecular complexity index is 430. The lowest BCUT2D eigenvalue weighted by Crippen LogP contribution is -2.24. The smallest absolute Gasteiger partial charge is 0.306 e. The average Bonchev–Trinajstić information content (AvgIpc) is 2.95. The van der Waals surface area contributed by atoms with Gasteiger partial charge >= 0.3 is 5.97 Å². The number of hydrogen-bond donors (Lipinski definition) is 0. The van der Waals surface area contributed by atoms with Crippen LogP contribution in [0.4, 0.5) is 0 Å². The fourth-order valence-electron chi connectivity index (χ4n) is 3.63. The normalized spacial score (nSPS) is 20.9. The van der Waals surface area contributed by atoms with Crippen LogP contribution in [0.5, 0.6) is 0 Å². The van der Waals surface area contributed by atoms with E-state index in [9.17, 15) is 4.79 Å². The Morgan fingerprint density at radius 3 is 2.19 bits per heavy atom. The van der Waals surface area contributed by atoms with Gasteiger partial charge in [0.15, 0.2) is 0 Å². The molecule has 0 aromatic carbocycles. The summed E-state index contributed by atoms with van der Waals surface area (Å²) in [5.74, 6) is 0.455. The molecule has 1 heterocycles. The van der Waals surface area contributed by atoms with Gasteiger partial charge in [0.2, 0.25) is 0 Å². The highest BCUT2D eigenvalue weighted by molar-refractivity contribution is 5.69. The lowest BCUT2D eigenvalue weighted by molar-refractivity contribution is -0.150. The zero-order chi connectivity index (χ0) is 19.7. The molecule has 0 spiro atoms. The van der Waals surface area contributed by atoms with Crippen molar-refractivity contribution in [3.05, 3.63) is 24.3 Å². The summed E-state index contributed by atoms with van der Waals surface area (Å²) >= 11 is 0. The average molecular weight is 378 g/mol. The highest BCUT2D eigenvalue weighted by atomic mass is 16.5.